The standard InChI is InChI=1S/C13H17FN2O/c14-10-2-1-3-11(15)12(10)16-8-13(9-16)4-6-17-7-5-13/h1-3H,4-9,15H2. The van der Waals surface area contributed by atoms with E-state index < -0.39 is 0 Å². The average Bonchev–Trinajstić information content (AvgIpc) is 2.28. The molecule has 92 valence electrons. The van der Waals surface area contributed by atoms with E-state index in [4.69, 9.17) is 10.5 Å². The van der Waals surface area contributed by atoms with Crippen LogP contribution in [-0.2, 0) is 4.74 Å². The molecular formula is C13H17FN2O. The van der Waals surface area contributed by atoms with E-state index in [0.717, 1.165) is 39.1 Å². The molecule has 0 saturated carbocycles. The van der Waals surface area contributed by atoms with Crippen molar-refractivity contribution in [2.24, 2.45) is 5.41 Å². The second-order valence-electron chi connectivity index (χ2n) is 5.15. The van der Waals surface area contributed by atoms with Crippen LogP contribution in [0.4, 0.5) is 15.8 Å². The van der Waals surface area contributed by atoms with Crippen molar-refractivity contribution in [2.75, 3.05) is 36.9 Å². The van der Waals surface area contributed by atoms with Gasteiger partial charge < -0.3 is 15.4 Å². The Morgan fingerprint density at radius 1 is 1.24 bits per heavy atom. The third-order valence-electron chi connectivity index (χ3n) is 3.94. The quantitative estimate of drug-likeness (QED) is 0.758. The van der Waals surface area contributed by atoms with Crippen LogP contribution in [0, 0.1) is 11.2 Å². The molecule has 1 aromatic carbocycles. The van der Waals surface area contributed by atoms with Gasteiger partial charge in [0.2, 0.25) is 0 Å². The molecule has 0 bridgehead atoms. The number of anilines is 2. The van der Waals surface area contributed by atoms with Crippen molar-refractivity contribution in [3.05, 3.63) is 24.0 Å². The highest BCUT2D eigenvalue weighted by Crippen LogP contribution is 2.44. The maximum absolute atomic E-state index is 13.7. The molecular weight excluding hydrogens is 219 g/mol. The number of hydrogen-bond acceptors (Lipinski definition) is 3. The largest absolute Gasteiger partial charge is 0.397 e. The number of ether oxygens (including phenoxy) is 1. The van der Waals surface area contributed by atoms with E-state index >= 15 is 0 Å². The van der Waals surface area contributed by atoms with Gasteiger partial charge in [0.1, 0.15) is 5.82 Å². The third-order valence-corrected chi connectivity index (χ3v) is 3.94. The lowest BCUT2D eigenvalue weighted by Crippen LogP contribution is -2.59. The molecule has 0 atom stereocenters. The molecule has 1 aromatic rings. The zero-order valence-corrected chi connectivity index (χ0v) is 9.79. The minimum absolute atomic E-state index is 0.216. The van der Waals surface area contributed by atoms with Crippen LogP contribution in [0.3, 0.4) is 0 Å². The van der Waals surface area contributed by atoms with Gasteiger partial charge in [-0.15, -0.1) is 0 Å². The first-order chi connectivity index (χ1) is 8.20. The van der Waals surface area contributed by atoms with Crippen LogP contribution in [0.1, 0.15) is 12.8 Å². The minimum atomic E-state index is -0.216. The maximum atomic E-state index is 13.7. The van der Waals surface area contributed by atoms with Gasteiger partial charge in [-0.1, -0.05) is 6.07 Å². The topological polar surface area (TPSA) is 38.5 Å². The normalized spacial score (nSPS) is 22.5. The second-order valence-corrected chi connectivity index (χ2v) is 5.15. The number of nitrogens with zero attached hydrogens (tertiary/aromatic N) is 1. The monoisotopic (exact) mass is 236 g/mol. The Hall–Kier alpha value is -1.29. The van der Waals surface area contributed by atoms with Crippen LogP contribution in [0.25, 0.3) is 0 Å². The molecule has 0 amide bonds. The van der Waals surface area contributed by atoms with Crippen molar-refractivity contribution in [2.45, 2.75) is 12.8 Å². The summed E-state index contributed by atoms with van der Waals surface area (Å²) in [6.07, 6.45) is 2.16. The summed E-state index contributed by atoms with van der Waals surface area (Å²) in [5.74, 6) is -0.216. The second kappa shape index (κ2) is 3.88. The zero-order valence-electron chi connectivity index (χ0n) is 9.79. The number of hydrogen-bond donors (Lipinski definition) is 1. The van der Waals surface area contributed by atoms with Crippen molar-refractivity contribution in [3.63, 3.8) is 0 Å². The summed E-state index contributed by atoms with van der Waals surface area (Å²) in [7, 11) is 0. The van der Waals surface area contributed by atoms with Crippen molar-refractivity contribution in [1.82, 2.24) is 0 Å². The first-order valence-corrected chi connectivity index (χ1v) is 6.07. The van der Waals surface area contributed by atoms with Gasteiger partial charge in [-0.25, -0.2) is 4.39 Å². The van der Waals surface area contributed by atoms with Gasteiger partial charge in [0.05, 0.1) is 11.4 Å². The Bertz CT molecular complexity index is 401. The summed E-state index contributed by atoms with van der Waals surface area (Å²) in [4.78, 5) is 2.05. The summed E-state index contributed by atoms with van der Waals surface area (Å²) >= 11 is 0. The lowest BCUT2D eigenvalue weighted by atomic mass is 9.73. The molecule has 3 nitrogen and oxygen atoms in total. The molecule has 4 heteroatoms. The molecule has 0 radical (unpaired) electrons. The van der Waals surface area contributed by atoms with E-state index in [1.165, 1.54) is 6.07 Å². The number of para-hydroxylation sites is 1. The summed E-state index contributed by atoms with van der Waals surface area (Å²) in [5, 5.41) is 0. The highest BCUT2D eigenvalue weighted by atomic mass is 19.1. The van der Waals surface area contributed by atoms with Crippen LogP contribution in [0.2, 0.25) is 0 Å². The first kappa shape index (κ1) is 10.8. The fourth-order valence-corrected chi connectivity index (χ4v) is 2.91. The minimum Gasteiger partial charge on any atom is -0.397 e. The molecule has 1 spiro atoms. The van der Waals surface area contributed by atoms with Gasteiger partial charge in [0.15, 0.2) is 0 Å². The summed E-state index contributed by atoms with van der Waals surface area (Å²) in [5.41, 5.74) is 7.29. The SMILES string of the molecule is Nc1cccc(F)c1N1CC2(CCOCC2)C1. The lowest BCUT2D eigenvalue weighted by Gasteiger charge is -2.53. The van der Waals surface area contributed by atoms with Crippen molar-refractivity contribution in [1.29, 1.82) is 0 Å². The van der Waals surface area contributed by atoms with Crippen molar-refractivity contribution in [3.8, 4) is 0 Å². The summed E-state index contributed by atoms with van der Waals surface area (Å²) < 4.78 is 19.1. The lowest BCUT2D eigenvalue weighted by molar-refractivity contribution is -0.000335. The van der Waals surface area contributed by atoms with Crippen LogP contribution in [0.15, 0.2) is 18.2 Å². The van der Waals surface area contributed by atoms with E-state index in [0.29, 0.717) is 16.8 Å². The molecule has 0 aromatic heterocycles. The maximum Gasteiger partial charge on any atom is 0.148 e. The van der Waals surface area contributed by atoms with Crippen LogP contribution in [-0.4, -0.2) is 26.3 Å². The molecule has 0 aliphatic carbocycles. The fraction of sp³-hybridized carbons (Fsp3) is 0.538. The Balaban J connectivity index is 1.76. The molecule has 2 fully saturated rings. The first-order valence-electron chi connectivity index (χ1n) is 6.07. The number of rotatable bonds is 1. The predicted molar refractivity (Wildman–Crippen MR) is 65.5 cm³/mol. The van der Waals surface area contributed by atoms with E-state index in [1.54, 1.807) is 12.1 Å². The number of halogens is 1. The predicted octanol–water partition coefficient (Wildman–Crippen LogP) is 2.02. The molecule has 2 aliphatic rings. The zero-order chi connectivity index (χ0) is 11.9. The average molecular weight is 236 g/mol. The van der Waals surface area contributed by atoms with E-state index in [2.05, 4.69) is 4.90 Å². The van der Waals surface area contributed by atoms with Gasteiger partial charge in [-0.05, 0) is 25.0 Å². The molecule has 3 rings (SSSR count). The Morgan fingerprint density at radius 3 is 2.59 bits per heavy atom. The van der Waals surface area contributed by atoms with Crippen molar-refractivity contribution < 1.29 is 9.13 Å². The molecule has 2 aliphatic heterocycles. The van der Waals surface area contributed by atoms with Gasteiger partial charge in [0, 0.05) is 31.7 Å². The molecule has 0 unspecified atom stereocenters. The molecule has 17 heavy (non-hydrogen) atoms. The van der Waals surface area contributed by atoms with Crippen molar-refractivity contribution >= 4 is 11.4 Å². The van der Waals surface area contributed by atoms with Gasteiger partial charge in [0.25, 0.3) is 0 Å². The fourth-order valence-electron chi connectivity index (χ4n) is 2.91. The summed E-state index contributed by atoms with van der Waals surface area (Å²) in [6, 6.07) is 4.88. The van der Waals surface area contributed by atoms with E-state index in [-0.39, 0.29) is 5.82 Å². The van der Waals surface area contributed by atoms with Crippen LogP contribution >= 0.6 is 0 Å². The van der Waals surface area contributed by atoms with E-state index in [1.807, 2.05) is 0 Å². The Labute approximate surface area is 100 Å². The smallest absolute Gasteiger partial charge is 0.148 e. The van der Waals surface area contributed by atoms with Gasteiger partial charge in [-0.3, -0.25) is 0 Å². The summed E-state index contributed by atoms with van der Waals surface area (Å²) in [6.45, 7) is 3.48. The number of nitrogen functional groups attached to an aromatic ring is 1. The highest BCUT2D eigenvalue weighted by molar-refractivity contribution is 5.69. The number of nitrogens with two attached hydrogens (primary N) is 1. The molecule has 2 N–H and O–H groups in total. The Morgan fingerprint density at radius 2 is 1.94 bits per heavy atom. The molecule has 2 heterocycles. The van der Waals surface area contributed by atoms with Gasteiger partial charge >= 0.3 is 0 Å². The van der Waals surface area contributed by atoms with Crippen LogP contribution < -0.4 is 10.6 Å². The van der Waals surface area contributed by atoms with Gasteiger partial charge in [-0.2, -0.15) is 0 Å². The van der Waals surface area contributed by atoms with Crippen LogP contribution in [0.5, 0.6) is 0 Å². The Kier molecular flexibility index (Phi) is 2.47. The number of benzene rings is 1. The highest BCUT2D eigenvalue weighted by Gasteiger charge is 2.44. The van der Waals surface area contributed by atoms with E-state index in [9.17, 15) is 4.39 Å². The molecule has 2 saturated heterocycles. The third kappa shape index (κ3) is 1.76.